The van der Waals surface area contributed by atoms with Crippen molar-refractivity contribution in [1.29, 1.82) is 0 Å². The van der Waals surface area contributed by atoms with Crippen LogP contribution in [0.5, 0.6) is 0 Å². The summed E-state index contributed by atoms with van der Waals surface area (Å²) in [6.45, 7) is 0.382. The number of rotatable bonds is 3. The van der Waals surface area contributed by atoms with Gasteiger partial charge in [0.25, 0.3) is 0 Å². The zero-order valence-electron chi connectivity index (χ0n) is 10.6. The maximum Gasteiger partial charge on any atom is 0.234 e. The van der Waals surface area contributed by atoms with E-state index in [0.717, 1.165) is 23.9 Å². The third kappa shape index (κ3) is 2.04. The van der Waals surface area contributed by atoms with E-state index in [1.165, 1.54) is 0 Å². The summed E-state index contributed by atoms with van der Waals surface area (Å²) >= 11 is 0. The van der Waals surface area contributed by atoms with E-state index >= 15 is 0 Å². The summed E-state index contributed by atoms with van der Waals surface area (Å²) in [5, 5.41) is 0. The minimum atomic E-state index is -0.520. The Morgan fingerprint density at radius 2 is 2.10 bits per heavy atom. The van der Waals surface area contributed by atoms with Gasteiger partial charge in [-0.3, -0.25) is 4.40 Å². The highest BCUT2D eigenvalue weighted by molar-refractivity contribution is 5.66. The molecule has 102 valence electrons. The molecule has 0 aliphatic heterocycles. The zero-order valence-corrected chi connectivity index (χ0v) is 10.6. The van der Waals surface area contributed by atoms with E-state index in [4.69, 9.17) is 5.73 Å². The lowest BCUT2D eigenvalue weighted by Crippen LogP contribution is -2.06. The summed E-state index contributed by atoms with van der Waals surface area (Å²) in [5.74, 6) is -0.590. The maximum atomic E-state index is 13.9. The Morgan fingerprint density at radius 1 is 1.25 bits per heavy atom. The van der Waals surface area contributed by atoms with E-state index in [2.05, 4.69) is 9.97 Å². The van der Waals surface area contributed by atoms with Crippen LogP contribution in [0.4, 0.5) is 8.78 Å². The number of nitrogens with zero attached hydrogens (tertiary/aromatic N) is 3. The van der Waals surface area contributed by atoms with Gasteiger partial charge in [0.2, 0.25) is 5.78 Å². The molecule has 3 aromatic rings. The predicted molar refractivity (Wildman–Crippen MR) is 71.1 cm³/mol. The average Bonchev–Trinajstić information content (AvgIpc) is 2.81. The van der Waals surface area contributed by atoms with Gasteiger partial charge >= 0.3 is 0 Å². The van der Waals surface area contributed by atoms with Crippen molar-refractivity contribution in [2.75, 3.05) is 6.54 Å². The molecular weight excluding hydrogens is 262 g/mol. The van der Waals surface area contributed by atoms with Crippen molar-refractivity contribution in [2.24, 2.45) is 5.73 Å². The molecule has 1 aromatic carbocycles. The van der Waals surface area contributed by atoms with Crippen molar-refractivity contribution in [1.82, 2.24) is 14.4 Å². The lowest BCUT2D eigenvalue weighted by Gasteiger charge is -2.04. The second kappa shape index (κ2) is 4.97. The average molecular weight is 274 g/mol. The molecule has 0 amide bonds. The van der Waals surface area contributed by atoms with E-state index in [0.29, 0.717) is 24.4 Å². The van der Waals surface area contributed by atoms with Crippen LogP contribution in [0.2, 0.25) is 0 Å². The summed E-state index contributed by atoms with van der Waals surface area (Å²) in [4.78, 5) is 8.41. The highest BCUT2D eigenvalue weighted by Crippen LogP contribution is 2.27. The smallest absolute Gasteiger partial charge is 0.234 e. The van der Waals surface area contributed by atoms with Crippen molar-refractivity contribution < 1.29 is 8.78 Å². The number of nitrogens with two attached hydrogens (primary N) is 1. The molecule has 0 bridgehead atoms. The Labute approximate surface area is 113 Å². The summed E-state index contributed by atoms with van der Waals surface area (Å²) in [6.07, 6.45) is 3.87. The minimum Gasteiger partial charge on any atom is -0.330 e. The lowest BCUT2D eigenvalue weighted by atomic mass is 10.1. The summed E-state index contributed by atoms with van der Waals surface area (Å²) in [7, 11) is 0. The van der Waals surface area contributed by atoms with Gasteiger partial charge in [0.1, 0.15) is 11.6 Å². The SMILES string of the molecule is NCCc1c(-c2cc(F)ccc2F)nc2ncccn12. The molecule has 0 saturated heterocycles. The lowest BCUT2D eigenvalue weighted by molar-refractivity contribution is 0.602. The molecule has 20 heavy (non-hydrogen) atoms. The first-order valence-electron chi connectivity index (χ1n) is 6.18. The molecule has 6 heteroatoms. The van der Waals surface area contributed by atoms with Crippen LogP contribution in [-0.2, 0) is 6.42 Å². The molecule has 0 spiro atoms. The zero-order chi connectivity index (χ0) is 14.1. The minimum absolute atomic E-state index is 0.124. The molecule has 0 saturated carbocycles. The van der Waals surface area contributed by atoms with Crippen molar-refractivity contribution in [3.8, 4) is 11.3 Å². The number of imidazole rings is 1. The number of hydrogen-bond acceptors (Lipinski definition) is 3. The van der Waals surface area contributed by atoms with E-state index in [1.807, 2.05) is 0 Å². The first-order valence-corrected chi connectivity index (χ1v) is 6.18. The molecule has 0 unspecified atom stereocenters. The normalized spacial score (nSPS) is 11.2. The molecule has 0 atom stereocenters. The van der Waals surface area contributed by atoms with E-state index < -0.39 is 11.6 Å². The number of aromatic nitrogens is 3. The third-order valence-corrected chi connectivity index (χ3v) is 3.07. The van der Waals surface area contributed by atoms with Crippen LogP contribution >= 0.6 is 0 Å². The van der Waals surface area contributed by atoms with Crippen LogP contribution < -0.4 is 5.73 Å². The van der Waals surface area contributed by atoms with E-state index in [9.17, 15) is 8.78 Å². The highest BCUT2D eigenvalue weighted by Gasteiger charge is 2.17. The first kappa shape index (κ1) is 12.7. The van der Waals surface area contributed by atoms with Crippen LogP contribution in [-0.4, -0.2) is 20.9 Å². The fourth-order valence-corrected chi connectivity index (χ4v) is 2.21. The maximum absolute atomic E-state index is 13.9. The Morgan fingerprint density at radius 3 is 2.90 bits per heavy atom. The summed E-state index contributed by atoms with van der Waals surface area (Å²) in [5.41, 5.74) is 6.82. The van der Waals surface area contributed by atoms with Crippen LogP contribution in [0, 0.1) is 11.6 Å². The van der Waals surface area contributed by atoms with Crippen molar-refractivity contribution >= 4 is 5.78 Å². The molecule has 2 aromatic heterocycles. The Bertz CT molecular complexity index is 767. The predicted octanol–water partition coefficient (Wildman–Crippen LogP) is 2.18. The van der Waals surface area contributed by atoms with Crippen LogP contribution in [0.1, 0.15) is 5.69 Å². The Kier molecular flexibility index (Phi) is 3.15. The van der Waals surface area contributed by atoms with Gasteiger partial charge in [-0.05, 0) is 30.8 Å². The van der Waals surface area contributed by atoms with Crippen molar-refractivity contribution in [3.05, 3.63) is 54.0 Å². The molecule has 4 nitrogen and oxygen atoms in total. The molecule has 0 aliphatic carbocycles. The van der Waals surface area contributed by atoms with Gasteiger partial charge < -0.3 is 5.73 Å². The molecular formula is C14H12F2N4. The molecule has 0 aliphatic rings. The van der Waals surface area contributed by atoms with Crippen LogP contribution in [0.3, 0.4) is 0 Å². The fraction of sp³-hybridized carbons (Fsp3) is 0.143. The molecule has 2 heterocycles. The molecule has 0 fully saturated rings. The Hall–Kier alpha value is -2.34. The van der Waals surface area contributed by atoms with Gasteiger partial charge in [0, 0.05) is 24.4 Å². The third-order valence-electron chi connectivity index (χ3n) is 3.07. The second-order valence-corrected chi connectivity index (χ2v) is 4.36. The van der Waals surface area contributed by atoms with E-state index in [-0.39, 0.29) is 5.56 Å². The number of hydrogen-bond donors (Lipinski definition) is 1. The van der Waals surface area contributed by atoms with Crippen molar-refractivity contribution in [3.63, 3.8) is 0 Å². The van der Waals surface area contributed by atoms with Crippen LogP contribution in [0.25, 0.3) is 17.0 Å². The fourth-order valence-electron chi connectivity index (χ4n) is 2.21. The van der Waals surface area contributed by atoms with Gasteiger partial charge in [0.05, 0.1) is 11.4 Å². The van der Waals surface area contributed by atoms with Gasteiger partial charge in [0.15, 0.2) is 0 Å². The standard InChI is InChI=1S/C14H12F2N4/c15-9-2-3-11(16)10(8-9)13-12(4-5-17)20-7-1-6-18-14(20)19-13/h1-3,6-8H,4-5,17H2. The monoisotopic (exact) mass is 274 g/mol. The topological polar surface area (TPSA) is 56.2 Å². The Balaban J connectivity index is 2.29. The van der Waals surface area contributed by atoms with E-state index in [1.54, 1.807) is 22.9 Å². The first-order chi connectivity index (χ1) is 9.70. The number of halogens is 2. The number of fused-ring (bicyclic) bond motifs is 1. The molecule has 3 rings (SSSR count). The summed E-state index contributed by atoms with van der Waals surface area (Å²) in [6, 6.07) is 5.06. The van der Waals surface area contributed by atoms with Gasteiger partial charge in [-0.1, -0.05) is 0 Å². The van der Waals surface area contributed by atoms with Crippen LogP contribution in [0.15, 0.2) is 36.7 Å². The number of benzene rings is 1. The van der Waals surface area contributed by atoms with Gasteiger partial charge in [-0.2, -0.15) is 0 Å². The highest BCUT2D eigenvalue weighted by atomic mass is 19.1. The largest absolute Gasteiger partial charge is 0.330 e. The quantitative estimate of drug-likeness (QED) is 0.796. The molecule has 2 N–H and O–H groups in total. The summed E-state index contributed by atoms with van der Waals surface area (Å²) < 4.78 is 29.0. The molecule has 0 radical (unpaired) electrons. The van der Waals surface area contributed by atoms with Gasteiger partial charge in [-0.15, -0.1) is 0 Å². The van der Waals surface area contributed by atoms with Gasteiger partial charge in [-0.25, -0.2) is 18.7 Å². The second-order valence-electron chi connectivity index (χ2n) is 4.36. The van der Waals surface area contributed by atoms with Crippen molar-refractivity contribution in [2.45, 2.75) is 6.42 Å².